The molecule has 0 aliphatic carbocycles. The van der Waals surface area contributed by atoms with Crippen LogP contribution < -0.4 is 0 Å². The summed E-state index contributed by atoms with van der Waals surface area (Å²) < 4.78 is 1.36. The molecule has 0 fully saturated rings. The molecule has 0 bridgehead atoms. The van der Waals surface area contributed by atoms with Crippen LogP contribution >= 0.6 is 23.1 Å². The third-order valence-corrected chi connectivity index (χ3v) is 5.09. The average molecular weight is 319 g/mol. The van der Waals surface area contributed by atoms with Crippen molar-refractivity contribution in [2.75, 3.05) is 6.54 Å². The van der Waals surface area contributed by atoms with Crippen LogP contribution in [0.5, 0.6) is 0 Å². The van der Waals surface area contributed by atoms with Crippen LogP contribution in [-0.4, -0.2) is 16.6 Å². The Bertz CT molecular complexity index is 610. The Morgan fingerprint density at radius 3 is 2.62 bits per heavy atom. The molecule has 112 valence electrons. The van der Waals surface area contributed by atoms with Crippen molar-refractivity contribution in [3.05, 3.63) is 46.8 Å². The van der Waals surface area contributed by atoms with Crippen molar-refractivity contribution in [3.63, 3.8) is 0 Å². The van der Waals surface area contributed by atoms with Gasteiger partial charge in [0.1, 0.15) is 6.04 Å². The van der Waals surface area contributed by atoms with Gasteiger partial charge in [0.15, 0.2) is 5.17 Å². The van der Waals surface area contributed by atoms with Gasteiger partial charge in [0.25, 0.3) is 0 Å². The molecule has 0 saturated carbocycles. The van der Waals surface area contributed by atoms with Crippen molar-refractivity contribution in [1.29, 1.82) is 0 Å². The zero-order valence-electron chi connectivity index (χ0n) is 13.0. The molecule has 0 amide bonds. The van der Waals surface area contributed by atoms with Crippen LogP contribution in [0.1, 0.15) is 38.6 Å². The standard InChI is InChI=1S/C13H10N2S2.2C2H6/c1-2-4-11-9(3-1)7-12(17-11)10-8-15-5-6-16-13(15)14-10;2*1-2/h1-7,10H,8H2;2*1-2H3. The highest BCUT2D eigenvalue weighted by atomic mass is 32.2. The number of amidine groups is 1. The number of hydrogen-bond donors (Lipinski definition) is 0. The Kier molecular flexibility index (Phi) is 5.88. The summed E-state index contributed by atoms with van der Waals surface area (Å²) in [5.41, 5.74) is 0. The Morgan fingerprint density at radius 2 is 1.90 bits per heavy atom. The van der Waals surface area contributed by atoms with E-state index in [2.05, 4.69) is 46.8 Å². The molecule has 2 nitrogen and oxygen atoms in total. The van der Waals surface area contributed by atoms with Crippen molar-refractivity contribution in [3.8, 4) is 0 Å². The SMILES string of the molecule is C1=CN2CC(c3cc4ccccc4s3)N=C2S1.CC.CC. The van der Waals surface area contributed by atoms with Gasteiger partial charge in [-0.15, -0.1) is 11.3 Å². The van der Waals surface area contributed by atoms with Crippen molar-refractivity contribution in [2.45, 2.75) is 33.7 Å². The second kappa shape index (κ2) is 7.66. The number of thiophene rings is 1. The largest absolute Gasteiger partial charge is 0.325 e. The van der Waals surface area contributed by atoms with Gasteiger partial charge < -0.3 is 4.90 Å². The highest BCUT2D eigenvalue weighted by Crippen LogP contribution is 2.37. The molecule has 4 heteroatoms. The van der Waals surface area contributed by atoms with E-state index in [-0.39, 0.29) is 0 Å². The van der Waals surface area contributed by atoms with Crippen molar-refractivity contribution in [1.82, 2.24) is 4.90 Å². The maximum Gasteiger partial charge on any atom is 0.168 e. The van der Waals surface area contributed by atoms with E-state index >= 15 is 0 Å². The summed E-state index contributed by atoms with van der Waals surface area (Å²) in [5.74, 6) is 0. The zero-order chi connectivity index (χ0) is 15.2. The van der Waals surface area contributed by atoms with E-state index < -0.39 is 0 Å². The molecule has 0 radical (unpaired) electrons. The molecule has 2 aromatic rings. The predicted molar refractivity (Wildman–Crippen MR) is 98.1 cm³/mol. The summed E-state index contributed by atoms with van der Waals surface area (Å²) >= 11 is 3.58. The minimum Gasteiger partial charge on any atom is -0.325 e. The normalized spacial score (nSPS) is 18.6. The first kappa shape index (κ1) is 16.1. The van der Waals surface area contributed by atoms with Gasteiger partial charge in [-0.25, -0.2) is 0 Å². The van der Waals surface area contributed by atoms with Gasteiger partial charge in [-0.05, 0) is 22.9 Å². The number of nitrogens with zero attached hydrogens (tertiary/aromatic N) is 2. The summed E-state index contributed by atoms with van der Waals surface area (Å²) in [5, 5.41) is 4.58. The third kappa shape index (κ3) is 3.33. The summed E-state index contributed by atoms with van der Waals surface area (Å²) in [4.78, 5) is 8.38. The number of aliphatic imine (C=N–C) groups is 1. The molecule has 1 unspecified atom stereocenters. The molecule has 1 atom stereocenters. The van der Waals surface area contributed by atoms with Crippen molar-refractivity contribution in [2.24, 2.45) is 4.99 Å². The molecular weight excluding hydrogens is 296 g/mol. The van der Waals surface area contributed by atoms with E-state index in [1.54, 1.807) is 11.8 Å². The summed E-state index contributed by atoms with van der Waals surface area (Å²) in [6, 6.07) is 11.1. The molecule has 21 heavy (non-hydrogen) atoms. The van der Waals surface area contributed by atoms with Gasteiger partial charge in [0.2, 0.25) is 0 Å². The first-order valence-corrected chi connectivity index (χ1v) is 9.26. The lowest BCUT2D eigenvalue weighted by molar-refractivity contribution is 0.563. The Hall–Kier alpha value is -1.26. The Labute approximate surface area is 135 Å². The first-order chi connectivity index (χ1) is 10.4. The van der Waals surface area contributed by atoms with E-state index in [0.717, 1.165) is 11.7 Å². The minimum absolute atomic E-state index is 0.319. The lowest BCUT2D eigenvalue weighted by atomic mass is 10.2. The van der Waals surface area contributed by atoms with Crippen LogP contribution in [-0.2, 0) is 0 Å². The molecule has 4 rings (SSSR count). The van der Waals surface area contributed by atoms with Gasteiger partial charge in [0, 0.05) is 15.8 Å². The summed E-state index contributed by atoms with van der Waals surface area (Å²) in [7, 11) is 0. The van der Waals surface area contributed by atoms with Gasteiger partial charge in [-0.2, -0.15) is 0 Å². The number of fused-ring (bicyclic) bond motifs is 2. The molecule has 2 aliphatic rings. The first-order valence-electron chi connectivity index (χ1n) is 7.56. The molecule has 0 saturated heterocycles. The lowest BCUT2D eigenvalue weighted by Crippen LogP contribution is -2.15. The molecule has 2 aliphatic heterocycles. The van der Waals surface area contributed by atoms with Crippen LogP contribution in [0.15, 0.2) is 46.9 Å². The second-order valence-corrected chi connectivity index (χ2v) is 6.16. The number of thioether (sulfide) groups is 1. The van der Waals surface area contributed by atoms with Gasteiger partial charge in [-0.3, -0.25) is 4.99 Å². The summed E-state index contributed by atoms with van der Waals surface area (Å²) in [6.07, 6.45) is 2.12. The van der Waals surface area contributed by atoms with Crippen LogP contribution in [0.2, 0.25) is 0 Å². The quantitative estimate of drug-likeness (QED) is 0.652. The molecule has 1 aromatic heterocycles. The lowest BCUT2D eigenvalue weighted by Gasteiger charge is -2.08. The smallest absolute Gasteiger partial charge is 0.168 e. The number of rotatable bonds is 1. The van der Waals surface area contributed by atoms with Crippen molar-refractivity contribution < 1.29 is 0 Å². The third-order valence-electron chi connectivity index (χ3n) is 3.07. The highest BCUT2D eigenvalue weighted by Gasteiger charge is 2.28. The van der Waals surface area contributed by atoms with Crippen LogP contribution in [0.3, 0.4) is 0 Å². The maximum atomic E-state index is 4.77. The van der Waals surface area contributed by atoms with E-state index in [4.69, 9.17) is 4.99 Å². The molecule has 0 N–H and O–H groups in total. The van der Waals surface area contributed by atoms with E-state index in [1.165, 1.54) is 15.0 Å². The van der Waals surface area contributed by atoms with Gasteiger partial charge in [0.05, 0.1) is 6.54 Å². The van der Waals surface area contributed by atoms with Crippen LogP contribution in [0, 0.1) is 0 Å². The highest BCUT2D eigenvalue weighted by molar-refractivity contribution is 8.16. The molecular formula is C17H22N2S2. The van der Waals surface area contributed by atoms with Crippen molar-refractivity contribution >= 4 is 38.4 Å². The van der Waals surface area contributed by atoms with Crippen LogP contribution in [0.4, 0.5) is 0 Å². The van der Waals surface area contributed by atoms with Gasteiger partial charge in [-0.1, -0.05) is 57.7 Å². The van der Waals surface area contributed by atoms with E-state index in [1.807, 2.05) is 39.0 Å². The van der Waals surface area contributed by atoms with Gasteiger partial charge >= 0.3 is 0 Å². The fourth-order valence-corrected chi connectivity index (χ4v) is 4.10. The average Bonchev–Trinajstić information content (AvgIpc) is 3.24. The number of benzene rings is 1. The zero-order valence-corrected chi connectivity index (χ0v) is 14.7. The predicted octanol–water partition coefficient (Wildman–Crippen LogP) is 5.88. The Balaban J connectivity index is 0.000000374. The second-order valence-electron chi connectivity index (χ2n) is 4.17. The topological polar surface area (TPSA) is 15.6 Å². The number of hydrogen-bond acceptors (Lipinski definition) is 4. The maximum absolute atomic E-state index is 4.77. The summed E-state index contributed by atoms with van der Waals surface area (Å²) in [6.45, 7) is 8.99. The van der Waals surface area contributed by atoms with Crippen LogP contribution in [0.25, 0.3) is 10.1 Å². The fraction of sp³-hybridized carbons (Fsp3) is 0.353. The fourth-order valence-electron chi connectivity index (χ4n) is 2.22. The molecule has 3 heterocycles. The van der Waals surface area contributed by atoms with E-state index in [9.17, 15) is 0 Å². The monoisotopic (exact) mass is 318 g/mol. The molecule has 1 aromatic carbocycles. The van der Waals surface area contributed by atoms with E-state index in [0.29, 0.717) is 6.04 Å². The molecule has 0 spiro atoms. The Morgan fingerprint density at radius 1 is 1.14 bits per heavy atom. The minimum atomic E-state index is 0.319.